The van der Waals surface area contributed by atoms with Crippen LogP contribution in [0.5, 0.6) is 0 Å². The molecule has 1 aromatic heterocycles. The molecule has 0 radical (unpaired) electrons. The summed E-state index contributed by atoms with van der Waals surface area (Å²) >= 11 is 0. The minimum atomic E-state index is -2.44. The molecule has 1 heterocycles. The number of furan rings is 1. The van der Waals surface area contributed by atoms with Gasteiger partial charge < -0.3 is 10.2 Å². The molecule has 0 saturated carbocycles. The van der Waals surface area contributed by atoms with E-state index in [4.69, 9.17) is 10.2 Å². The highest BCUT2D eigenvalue weighted by molar-refractivity contribution is 5.26. The minimum Gasteiger partial charge on any atom is -0.468 e. The molecule has 1 atom stereocenters. The van der Waals surface area contributed by atoms with Gasteiger partial charge in [0.05, 0.1) is 12.8 Å². The maximum atomic E-state index is 12.6. The van der Waals surface area contributed by atoms with Gasteiger partial charge in [-0.15, -0.1) is 0 Å². The molecule has 1 aromatic carbocycles. The molecule has 0 saturated heterocycles. The van der Waals surface area contributed by atoms with Crippen LogP contribution < -0.4 is 5.73 Å². The van der Waals surface area contributed by atoms with Gasteiger partial charge in [0.15, 0.2) is 0 Å². The molecule has 0 aliphatic carbocycles. The van der Waals surface area contributed by atoms with Gasteiger partial charge >= 0.3 is 0 Å². The van der Waals surface area contributed by atoms with Crippen molar-refractivity contribution in [2.45, 2.75) is 25.9 Å². The first-order chi connectivity index (χ1) is 10.2. The van der Waals surface area contributed by atoms with Crippen molar-refractivity contribution in [1.29, 1.82) is 0 Å². The zero-order valence-corrected chi connectivity index (χ0v) is 12.0. The molecule has 2 N–H and O–H groups in total. The molecular weight excluding hydrogens is 274 g/mol. The van der Waals surface area contributed by atoms with Crippen LogP contribution in [0.2, 0.25) is 0 Å². The average Bonchev–Trinajstić information content (AvgIpc) is 3.00. The van der Waals surface area contributed by atoms with Crippen molar-refractivity contribution in [3.05, 3.63) is 59.5 Å². The van der Waals surface area contributed by atoms with Crippen LogP contribution in [0.4, 0.5) is 8.78 Å². The maximum Gasteiger partial charge on any atom is 0.263 e. The summed E-state index contributed by atoms with van der Waals surface area (Å²) in [4.78, 5) is 2.16. The third-order valence-corrected chi connectivity index (χ3v) is 3.58. The lowest BCUT2D eigenvalue weighted by atomic mass is 10.0. The molecule has 0 spiro atoms. The maximum absolute atomic E-state index is 12.6. The highest BCUT2D eigenvalue weighted by Gasteiger charge is 2.19. The average molecular weight is 294 g/mol. The molecule has 3 nitrogen and oxygen atoms in total. The smallest absolute Gasteiger partial charge is 0.263 e. The first-order valence-electron chi connectivity index (χ1n) is 7.00. The van der Waals surface area contributed by atoms with E-state index in [-0.39, 0.29) is 11.6 Å². The fraction of sp³-hybridized carbons (Fsp3) is 0.375. The zero-order chi connectivity index (χ0) is 15.2. The summed E-state index contributed by atoms with van der Waals surface area (Å²) in [5.74, 6) is 0.861. The number of hydrogen-bond donors (Lipinski definition) is 1. The Morgan fingerprint density at radius 1 is 1.14 bits per heavy atom. The number of rotatable bonds is 7. The summed E-state index contributed by atoms with van der Waals surface area (Å²) in [6.45, 7) is 3.89. The van der Waals surface area contributed by atoms with Gasteiger partial charge in [0.25, 0.3) is 6.43 Å². The van der Waals surface area contributed by atoms with Crippen LogP contribution in [0.1, 0.15) is 36.3 Å². The number of alkyl halides is 2. The van der Waals surface area contributed by atoms with Crippen molar-refractivity contribution < 1.29 is 13.2 Å². The largest absolute Gasteiger partial charge is 0.468 e. The van der Waals surface area contributed by atoms with E-state index in [1.807, 2.05) is 19.1 Å². The highest BCUT2D eigenvalue weighted by Crippen LogP contribution is 2.25. The quantitative estimate of drug-likeness (QED) is 0.846. The van der Waals surface area contributed by atoms with E-state index in [1.54, 1.807) is 18.4 Å². The second-order valence-corrected chi connectivity index (χ2v) is 4.86. The Morgan fingerprint density at radius 2 is 1.81 bits per heavy atom. The predicted octanol–water partition coefficient (Wildman–Crippen LogP) is 3.74. The molecular formula is C16H20F2N2O. The van der Waals surface area contributed by atoms with Gasteiger partial charge in [-0.25, -0.2) is 8.78 Å². The molecule has 5 heteroatoms. The Hall–Kier alpha value is -1.72. The van der Waals surface area contributed by atoms with E-state index in [1.165, 1.54) is 12.1 Å². The number of likely N-dealkylation sites (N-methyl/N-ethyl adjacent to an activating group) is 1. The molecule has 21 heavy (non-hydrogen) atoms. The minimum absolute atomic E-state index is 0.0215. The Kier molecular flexibility index (Phi) is 5.47. The number of halogens is 2. The first kappa shape index (κ1) is 15.7. The fourth-order valence-corrected chi connectivity index (χ4v) is 2.40. The van der Waals surface area contributed by atoms with Gasteiger partial charge in [-0.3, -0.25) is 4.90 Å². The van der Waals surface area contributed by atoms with Crippen molar-refractivity contribution in [3.8, 4) is 0 Å². The second kappa shape index (κ2) is 7.33. The lowest BCUT2D eigenvalue weighted by molar-refractivity contribution is 0.151. The van der Waals surface area contributed by atoms with Gasteiger partial charge in [-0.1, -0.05) is 31.2 Å². The van der Waals surface area contributed by atoms with Crippen LogP contribution in [-0.4, -0.2) is 18.0 Å². The van der Waals surface area contributed by atoms with Crippen LogP contribution in [0.25, 0.3) is 0 Å². The molecule has 0 fully saturated rings. The monoisotopic (exact) mass is 294 g/mol. The summed E-state index contributed by atoms with van der Waals surface area (Å²) in [6, 6.07) is 10.1. The zero-order valence-electron chi connectivity index (χ0n) is 12.0. The van der Waals surface area contributed by atoms with Crippen molar-refractivity contribution in [2.75, 3.05) is 13.1 Å². The normalized spacial score (nSPS) is 13.0. The summed E-state index contributed by atoms with van der Waals surface area (Å²) in [5, 5.41) is 0. The van der Waals surface area contributed by atoms with E-state index in [9.17, 15) is 8.78 Å². The van der Waals surface area contributed by atoms with Crippen molar-refractivity contribution in [1.82, 2.24) is 4.90 Å². The van der Waals surface area contributed by atoms with E-state index >= 15 is 0 Å². The second-order valence-electron chi connectivity index (χ2n) is 4.86. The Morgan fingerprint density at radius 3 is 2.29 bits per heavy atom. The molecule has 114 valence electrons. The molecule has 0 aliphatic rings. The summed E-state index contributed by atoms with van der Waals surface area (Å²) < 4.78 is 30.6. The Bertz CT molecular complexity index is 526. The third kappa shape index (κ3) is 3.89. The van der Waals surface area contributed by atoms with Crippen LogP contribution in [0.3, 0.4) is 0 Å². The highest BCUT2D eigenvalue weighted by atomic mass is 19.3. The summed E-state index contributed by atoms with van der Waals surface area (Å²) in [5.41, 5.74) is 6.86. The topological polar surface area (TPSA) is 42.4 Å². The summed E-state index contributed by atoms with van der Waals surface area (Å²) in [7, 11) is 0. The Labute approximate surface area is 123 Å². The van der Waals surface area contributed by atoms with E-state index < -0.39 is 6.43 Å². The molecule has 0 amide bonds. The van der Waals surface area contributed by atoms with Crippen molar-refractivity contribution >= 4 is 0 Å². The summed E-state index contributed by atoms with van der Waals surface area (Å²) in [6.07, 6.45) is -0.807. The lowest BCUT2D eigenvalue weighted by Crippen LogP contribution is -2.33. The third-order valence-electron chi connectivity index (χ3n) is 3.58. The molecule has 1 unspecified atom stereocenters. The Balaban J connectivity index is 2.16. The molecule has 0 bridgehead atoms. The number of nitrogens with two attached hydrogens (primary N) is 1. The standard InChI is InChI=1S/C16H20F2N2O/c1-2-20(11-14-4-3-9-21-14)15(10-19)12-5-7-13(8-6-12)16(17)18/h3-9,15-16H,2,10-11,19H2,1H3. The predicted molar refractivity (Wildman–Crippen MR) is 78.0 cm³/mol. The van der Waals surface area contributed by atoms with Gasteiger partial charge in [-0.2, -0.15) is 0 Å². The van der Waals surface area contributed by atoms with Gasteiger partial charge in [0.2, 0.25) is 0 Å². The lowest BCUT2D eigenvalue weighted by Gasteiger charge is -2.29. The van der Waals surface area contributed by atoms with Crippen LogP contribution in [-0.2, 0) is 6.54 Å². The van der Waals surface area contributed by atoms with Crippen LogP contribution >= 0.6 is 0 Å². The van der Waals surface area contributed by atoms with Crippen LogP contribution in [0, 0.1) is 0 Å². The molecule has 2 rings (SSSR count). The van der Waals surface area contributed by atoms with Crippen LogP contribution in [0.15, 0.2) is 47.1 Å². The SMILES string of the molecule is CCN(Cc1ccco1)C(CN)c1ccc(C(F)F)cc1. The van der Waals surface area contributed by atoms with Crippen molar-refractivity contribution in [2.24, 2.45) is 5.73 Å². The van der Waals surface area contributed by atoms with E-state index in [2.05, 4.69) is 4.90 Å². The fourth-order valence-electron chi connectivity index (χ4n) is 2.40. The number of nitrogens with zero attached hydrogens (tertiary/aromatic N) is 1. The van der Waals surface area contributed by atoms with Gasteiger partial charge in [0, 0.05) is 18.2 Å². The first-order valence-corrected chi connectivity index (χ1v) is 7.00. The van der Waals surface area contributed by atoms with Crippen molar-refractivity contribution in [3.63, 3.8) is 0 Å². The van der Waals surface area contributed by atoms with E-state index in [0.29, 0.717) is 13.1 Å². The molecule has 2 aromatic rings. The van der Waals surface area contributed by atoms with E-state index in [0.717, 1.165) is 17.9 Å². The molecule has 0 aliphatic heterocycles. The van der Waals surface area contributed by atoms with Gasteiger partial charge in [0.1, 0.15) is 5.76 Å². The number of benzene rings is 1. The number of hydrogen-bond acceptors (Lipinski definition) is 3. The van der Waals surface area contributed by atoms with Gasteiger partial charge in [-0.05, 0) is 24.2 Å².